The van der Waals surface area contributed by atoms with E-state index in [1.165, 1.54) is 0 Å². The van der Waals surface area contributed by atoms with Crippen molar-refractivity contribution in [2.75, 3.05) is 23.3 Å². The van der Waals surface area contributed by atoms with Crippen LogP contribution in [0.25, 0.3) is 10.9 Å². The topological polar surface area (TPSA) is 91.2 Å². The molecule has 0 bridgehead atoms. The standard InChI is InChI=1S/C19H19N5O2/c25-18(26)14-7-11-24(12-8-14)16-6-10-21-19(23-16)22-15-5-1-3-13-4-2-9-20-17(13)15/h1-6,9-10,14H,7-8,11-12H2,(H,25,26)(H,21,22,23). The maximum atomic E-state index is 11.1. The molecule has 26 heavy (non-hydrogen) atoms. The molecule has 0 unspecified atom stereocenters. The molecule has 3 heterocycles. The number of aromatic nitrogens is 3. The highest BCUT2D eigenvalue weighted by Crippen LogP contribution is 2.25. The van der Waals surface area contributed by atoms with Crippen LogP contribution >= 0.6 is 0 Å². The summed E-state index contributed by atoms with van der Waals surface area (Å²) in [5, 5.41) is 13.4. The van der Waals surface area contributed by atoms with E-state index < -0.39 is 5.97 Å². The lowest BCUT2D eigenvalue weighted by atomic mass is 9.97. The monoisotopic (exact) mass is 349 g/mol. The van der Waals surface area contributed by atoms with Gasteiger partial charge >= 0.3 is 5.97 Å². The summed E-state index contributed by atoms with van der Waals surface area (Å²) in [7, 11) is 0. The Kier molecular flexibility index (Phi) is 4.35. The van der Waals surface area contributed by atoms with Gasteiger partial charge in [-0.1, -0.05) is 18.2 Å². The number of piperidine rings is 1. The molecule has 2 aromatic heterocycles. The van der Waals surface area contributed by atoms with E-state index in [9.17, 15) is 4.79 Å². The molecule has 0 atom stereocenters. The number of benzene rings is 1. The van der Waals surface area contributed by atoms with E-state index in [0.29, 0.717) is 31.9 Å². The zero-order chi connectivity index (χ0) is 17.9. The second kappa shape index (κ2) is 6.95. The number of aliphatic carboxylic acids is 1. The molecule has 3 aromatic rings. The number of carboxylic acids is 1. The van der Waals surface area contributed by atoms with Crippen molar-refractivity contribution in [3.63, 3.8) is 0 Å². The van der Waals surface area contributed by atoms with Crippen molar-refractivity contribution >= 4 is 34.3 Å². The number of anilines is 3. The quantitative estimate of drug-likeness (QED) is 0.748. The number of carbonyl (C=O) groups is 1. The van der Waals surface area contributed by atoms with E-state index in [1.54, 1.807) is 12.4 Å². The van der Waals surface area contributed by atoms with Gasteiger partial charge in [0.15, 0.2) is 0 Å². The van der Waals surface area contributed by atoms with E-state index >= 15 is 0 Å². The molecule has 2 N–H and O–H groups in total. The molecule has 1 saturated heterocycles. The molecular formula is C19H19N5O2. The van der Waals surface area contributed by atoms with Crippen LogP contribution in [0.2, 0.25) is 0 Å². The first-order valence-electron chi connectivity index (χ1n) is 8.62. The van der Waals surface area contributed by atoms with Crippen LogP contribution in [0.4, 0.5) is 17.5 Å². The highest BCUT2D eigenvalue weighted by molar-refractivity contribution is 5.91. The van der Waals surface area contributed by atoms with Gasteiger partial charge in [0.1, 0.15) is 5.82 Å². The summed E-state index contributed by atoms with van der Waals surface area (Å²) in [6.07, 6.45) is 4.74. The average molecular weight is 349 g/mol. The van der Waals surface area contributed by atoms with Crippen molar-refractivity contribution in [2.45, 2.75) is 12.8 Å². The lowest BCUT2D eigenvalue weighted by Crippen LogP contribution is -2.36. The number of pyridine rings is 1. The number of nitrogens with one attached hydrogen (secondary N) is 1. The van der Waals surface area contributed by atoms with Gasteiger partial charge < -0.3 is 15.3 Å². The second-order valence-corrected chi connectivity index (χ2v) is 6.34. The largest absolute Gasteiger partial charge is 0.481 e. The minimum Gasteiger partial charge on any atom is -0.481 e. The van der Waals surface area contributed by atoms with Crippen LogP contribution in [-0.2, 0) is 4.79 Å². The summed E-state index contributed by atoms with van der Waals surface area (Å²) >= 11 is 0. The number of para-hydroxylation sites is 1. The van der Waals surface area contributed by atoms with Crippen molar-refractivity contribution in [1.29, 1.82) is 0 Å². The molecule has 1 aliphatic rings. The highest BCUT2D eigenvalue weighted by atomic mass is 16.4. The zero-order valence-corrected chi connectivity index (χ0v) is 14.2. The molecule has 7 heteroatoms. The minimum absolute atomic E-state index is 0.257. The van der Waals surface area contributed by atoms with Crippen LogP contribution in [0, 0.1) is 5.92 Å². The van der Waals surface area contributed by atoms with Gasteiger partial charge in [-0.05, 0) is 31.0 Å². The maximum absolute atomic E-state index is 11.1. The Labute approximate surface area is 150 Å². The third-order valence-electron chi connectivity index (χ3n) is 4.69. The van der Waals surface area contributed by atoms with E-state index in [0.717, 1.165) is 22.4 Å². The van der Waals surface area contributed by atoms with Crippen molar-refractivity contribution < 1.29 is 9.90 Å². The number of hydrogen-bond acceptors (Lipinski definition) is 6. The van der Waals surface area contributed by atoms with Gasteiger partial charge in [0.05, 0.1) is 17.1 Å². The van der Waals surface area contributed by atoms with Crippen molar-refractivity contribution in [3.05, 3.63) is 48.8 Å². The Hall–Kier alpha value is -3.22. The van der Waals surface area contributed by atoms with Crippen LogP contribution in [0.3, 0.4) is 0 Å². The molecule has 1 aliphatic heterocycles. The predicted octanol–water partition coefficient (Wildman–Crippen LogP) is 3.07. The second-order valence-electron chi connectivity index (χ2n) is 6.34. The fraction of sp³-hybridized carbons (Fsp3) is 0.263. The van der Waals surface area contributed by atoms with E-state index in [2.05, 4.69) is 25.2 Å². The van der Waals surface area contributed by atoms with Crippen LogP contribution in [-0.4, -0.2) is 39.1 Å². The van der Waals surface area contributed by atoms with Gasteiger partial charge in [-0.25, -0.2) is 4.98 Å². The number of fused-ring (bicyclic) bond motifs is 1. The van der Waals surface area contributed by atoms with Crippen molar-refractivity contribution in [1.82, 2.24) is 15.0 Å². The zero-order valence-electron chi connectivity index (χ0n) is 14.2. The van der Waals surface area contributed by atoms with Gasteiger partial charge in [0.2, 0.25) is 5.95 Å². The van der Waals surface area contributed by atoms with E-state index in [-0.39, 0.29) is 5.92 Å². The summed E-state index contributed by atoms with van der Waals surface area (Å²) in [4.78, 5) is 26.5. The molecule has 4 rings (SSSR count). The molecule has 132 valence electrons. The molecule has 0 radical (unpaired) electrons. The molecule has 0 aliphatic carbocycles. The van der Waals surface area contributed by atoms with Gasteiger partial charge in [-0.15, -0.1) is 0 Å². The Morgan fingerprint density at radius 1 is 1.08 bits per heavy atom. The summed E-state index contributed by atoms with van der Waals surface area (Å²) < 4.78 is 0. The number of rotatable bonds is 4. The fourth-order valence-corrected chi connectivity index (χ4v) is 3.27. The molecule has 0 saturated carbocycles. The van der Waals surface area contributed by atoms with Crippen LogP contribution < -0.4 is 10.2 Å². The smallest absolute Gasteiger partial charge is 0.306 e. The van der Waals surface area contributed by atoms with Gasteiger partial charge in [-0.2, -0.15) is 4.98 Å². The Balaban J connectivity index is 1.54. The van der Waals surface area contributed by atoms with Crippen LogP contribution in [0.15, 0.2) is 48.8 Å². The summed E-state index contributed by atoms with van der Waals surface area (Å²) in [5.41, 5.74) is 1.72. The normalized spacial score (nSPS) is 15.2. The Morgan fingerprint density at radius 3 is 2.69 bits per heavy atom. The van der Waals surface area contributed by atoms with E-state index in [4.69, 9.17) is 5.11 Å². The average Bonchev–Trinajstić information content (AvgIpc) is 2.69. The summed E-state index contributed by atoms with van der Waals surface area (Å²) in [5.74, 6) is 0.339. The first-order valence-corrected chi connectivity index (χ1v) is 8.62. The number of hydrogen-bond donors (Lipinski definition) is 2. The van der Waals surface area contributed by atoms with E-state index in [1.807, 2.05) is 36.4 Å². The summed E-state index contributed by atoms with van der Waals surface area (Å²) in [6.45, 7) is 1.37. The SMILES string of the molecule is O=C(O)C1CCN(c2ccnc(Nc3cccc4cccnc34)n2)CC1. The van der Waals surface area contributed by atoms with Gasteiger partial charge in [-0.3, -0.25) is 9.78 Å². The number of carboxylic acid groups (broad SMARTS) is 1. The molecule has 1 aromatic carbocycles. The third kappa shape index (κ3) is 3.28. The molecule has 0 spiro atoms. The maximum Gasteiger partial charge on any atom is 0.306 e. The number of nitrogens with zero attached hydrogens (tertiary/aromatic N) is 4. The fourth-order valence-electron chi connectivity index (χ4n) is 3.27. The van der Waals surface area contributed by atoms with Gasteiger partial charge in [0.25, 0.3) is 0 Å². The van der Waals surface area contributed by atoms with Crippen LogP contribution in [0.1, 0.15) is 12.8 Å². The Bertz CT molecular complexity index is 933. The first kappa shape index (κ1) is 16.3. The summed E-state index contributed by atoms with van der Waals surface area (Å²) in [6, 6.07) is 11.7. The lowest BCUT2D eigenvalue weighted by molar-refractivity contribution is -0.142. The molecular weight excluding hydrogens is 330 g/mol. The highest BCUT2D eigenvalue weighted by Gasteiger charge is 2.25. The predicted molar refractivity (Wildman–Crippen MR) is 99.6 cm³/mol. The first-order chi connectivity index (χ1) is 12.7. The van der Waals surface area contributed by atoms with Crippen molar-refractivity contribution in [3.8, 4) is 0 Å². The molecule has 1 fully saturated rings. The van der Waals surface area contributed by atoms with Crippen LogP contribution in [0.5, 0.6) is 0 Å². The minimum atomic E-state index is -0.710. The lowest BCUT2D eigenvalue weighted by Gasteiger charge is -2.31. The molecule has 0 amide bonds. The third-order valence-corrected chi connectivity index (χ3v) is 4.69. The Morgan fingerprint density at radius 2 is 1.88 bits per heavy atom. The molecule has 7 nitrogen and oxygen atoms in total. The van der Waals surface area contributed by atoms with Crippen molar-refractivity contribution in [2.24, 2.45) is 5.92 Å². The van der Waals surface area contributed by atoms with Gasteiger partial charge in [0, 0.05) is 30.9 Å².